The molecule has 1 atom stereocenters. The summed E-state index contributed by atoms with van der Waals surface area (Å²) in [7, 11) is 0. The Hall–Kier alpha value is -3.15. The molecule has 3 aromatic carbocycles. The number of benzene rings is 3. The van der Waals surface area contributed by atoms with Crippen molar-refractivity contribution >= 4 is 57.2 Å². The maximum atomic E-state index is 13.9. The number of carbonyl (C=O) groups excluding carboxylic acids is 1. The summed E-state index contributed by atoms with van der Waals surface area (Å²) in [6.07, 6.45) is 3.23. The number of anilines is 3. The molecule has 0 aliphatic rings. The summed E-state index contributed by atoms with van der Waals surface area (Å²) in [4.78, 5) is 18.9. The highest BCUT2D eigenvalue weighted by Crippen LogP contribution is 2.36. The minimum Gasteiger partial charge on any atom is -0.398 e. The molecule has 0 aliphatic carbocycles. The van der Waals surface area contributed by atoms with Gasteiger partial charge in [-0.15, -0.1) is 0 Å². The van der Waals surface area contributed by atoms with Crippen LogP contribution in [-0.2, 0) is 12.8 Å². The van der Waals surface area contributed by atoms with Crippen LogP contribution in [0, 0.1) is 0 Å². The Morgan fingerprint density at radius 1 is 1.03 bits per heavy atom. The van der Waals surface area contributed by atoms with Crippen LogP contribution in [0.4, 0.5) is 21.9 Å². The predicted molar refractivity (Wildman–Crippen MR) is 144 cm³/mol. The van der Waals surface area contributed by atoms with Gasteiger partial charge < -0.3 is 16.0 Å². The van der Waals surface area contributed by atoms with Crippen LogP contribution in [0.15, 0.2) is 60.8 Å². The third kappa shape index (κ3) is 4.59. The van der Waals surface area contributed by atoms with Crippen molar-refractivity contribution in [3.63, 3.8) is 0 Å². The Bertz CT molecular complexity index is 1300. The minimum atomic E-state index is -0.264. The maximum absolute atomic E-state index is 13.9. The SMILES string of the molecule is CCc1c(N)cc(Cl)c(CC)c1NC(=O)N(c1ccc2[nH]ccc2c1)C(C)c1ccc(Cl)cc1. The smallest absolute Gasteiger partial charge is 0.326 e. The lowest BCUT2D eigenvalue weighted by Gasteiger charge is -2.31. The molecule has 1 heterocycles. The van der Waals surface area contributed by atoms with E-state index in [1.807, 2.05) is 75.5 Å². The van der Waals surface area contributed by atoms with Crippen molar-refractivity contribution in [1.29, 1.82) is 0 Å². The van der Waals surface area contributed by atoms with E-state index >= 15 is 0 Å². The first-order valence-corrected chi connectivity index (χ1v) is 12.1. The molecule has 4 aromatic rings. The molecule has 2 amide bonds. The van der Waals surface area contributed by atoms with Crippen LogP contribution in [0.2, 0.25) is 10.0 Å². The summed E-state index contributed by atoms with van der Waals surface area (Å²) in [5.74, 6) is 0. The third-order valence-corrected chi connectivity index (χ3v) is 6.82. The summed E-state index contributed by atoms with van der Waals surface area (Å²) >= 11 is 12.6. The Morgan fingerprint density at radius 3 is 2.41 bits per heavy atom. The van der Waals surface area contributed by atoms with Gasteiger partial charge in [-0.3, -0.25) is 4.90 Å². The number of aromatic nitrogens is 1. The zero-order valence-electron chi connectivity index (χ0n) is 19.5. The normalized spacial score (nSPS) is 12.0. The number of hydrogen-bond donors (Lipinski definition) is 3. The van der Waals surface area contributed by atoms with Crippen molar-refractivity contribution < 1.29 is 4.79 Å². The second-order valence-corrected chi connectivity index (χ2v) is 9.11. The van der Waals surface area contributed by atoms with Gasteiger partial charge in [0.1, 0.15) is 0 Å². The molecule has 7 heteroatoms. The Morgan fingerprint density at radius 2 is 1.74 bits per heavy atom. The Labute approximate surface area is 209 Å². The number of nitrogens with two attached hydrogens (primary N) is 1. The van der Waals surface area contributed by atoms with E-state index in [4.69, 9.17) is 28.9 Å². The largest absolute Gasteiger partial charge is 0.398 e. The first-order chi connectivity index (χ1) is 16.3. The van der Waals surface area contributed by atoms with E-state index in [1.165, 1.54) is 0 Å². The molecule has 0 bridgehead atoms. The molecule has 0 saturated carbocycles. The first kappa shape index (κ1) is 24.0. The lowest BCUT2D eigenvalue weighted by atomic mass is 10.0. The van der Waals surface area contributed by atoms with Gasteiger partial charge in [-0.1, -0.05) is 49.2 Å². The summed E-state index contributed by atoms with van der Waals surface area (Å²) in [6.45, 7) is 6.03. The average molecular weight is 495 g/mol. The number of halogens is 2. The van der Waals surface area contributed by atoms with Crippen LogP contribution >= 0.6 is 23.2 Å². The molecular weight excluding hydrogens is 467 g/mol. The van der Waals surface area contributed by atoms with Gasteiger partial charge in [0.15, 0.2) is 0 Å². The van der Waals surface area contributed by atoms with Gasteiger partial charge in [0.25, 0.3) is 0 Å². The Balaban J connectivity index is 1.80. The van der Waals surface area contributed by atoms with Gasteiger partial charge >= 0.3 is 6.03 Å². The minimum absolute atomic E-state index is 0.261. The second-order valence-electron chi connectivity index (χ2n) is 8.26. The number of nitrogens with zero attached hydrogens (tertiary/aromatic N) is 1. The third-order valence-electron chi connectivity index (χ3n) is 6.24. The molecule has 1 aromatic heterocycles. The lowest BCUT2D eigenvalue weighted by Crippen LogP contribution is -2.37. The molecule has 34 heavy (non-hydrogen) atoms. The number of fused-ring (bicyclic) bond motifs is 1. The van der Waals surface area contributed by atoms with Crippen molar-refractivity contribution in [2.45, 2.75) is 39.7 Å². The zero-order valence-corrected chi connectivity index (χ0v) is 21.0. The zero-order chi connectivity index (χ0) is 24.4. The number of H-pyrrole nitrogens is 1. The van der Waals surface area contributed by atoms with Gasteiger partial charge in [0.2, 0.25) is 0 Å². The number of amides is 2. The quantitative estimate of drug-likeness (QED) is 0.237. The molecule has 4 N–H and O–H groups in total. The molecule has 0 saturated heterocycles. The molecule has 0 aliphatic heterocycles. The average Bonchev–Trinajstić information content (AvgIpc) is 3.28. The van der Waals surface area contributed by atoms with E-state index in [0.29, 0.717) is 34.3 Å². The van der Waals surface area contributed by atoms with Crippen LogP contribution in [-0.4, -0.2) is 11.0 Å². The Kier molecular flexibility index (Phi) is 7.05. The summed E-state index contributed by atoms with van der Waals surface area (Å²) < 4.78 is 0. The molecule has 0 radical (unpaired) electrons. The highest BCUT2D eigenvalue weighted by atomic mass is 35.5. The number of nitrogens with one attached hydrogen (secondary N) is 2. The van der Waals surface area contributed by atoms with E-state index in [1.54, 1.807) is 11.0 Å². The highest BCUT2D eigenvalue weighted by molar-refractivity contribution is 6.32. The fourth-order valence-corrected chi connectivity index (χ4v) is 4.87. The van der Waals surface area contributed by atoms with Crippen LogP contribution < -0.4 is 16.0 Å². The number of rotatable bonds is 6. The topological polar surface area (TPSA) is 74.2 Å². The van der Waals surface area contributed by atoms with Crippen LogP contribution in [0.25, 0.3) is 10.9 Å². The van der Waals surface area contributed by atoms with E-state index in [2.05, 4.69) is 10.3 Å². The van der Waals surface area contributed by atoms with Crippen molar-refractivity contribution in [3.8, 4) is 0 Å². The molecule has 176 valence electrons. The van der Waals surface area contributed by atoms with Gasteiger partial charge in [0, 0.05) is 38.5 Å². The standard InChI is InChI=1S/C27H28Cl2N4O/c1-4-21-23(29)15-24(30)22(5-2)26(21)32-27(34)33(16(3)17-6-8-19(28)9-7-17)20-10-11-25-18(14-20)12-13-31-25/h6-16,31H,4-5,30H2,1-3H3,(H,32,34). The molecular formula is C27H28Cl2N4O. The fourth-order valence-electron chi connectivity index (χ4n) is 4.40. The van der Waals surface area contributed by atoms with Crippen LogP contribution in [0.3, 0.4) is 0 Å². The monoisotopic (exact) mass is 494 g/mol. The summed E-state index contributed by atoms with van der Waals surface area (Å²) in [5, 5.41) is 5.38. The second kappa shape index (κ2) is 10.00. The summed E-state index contributed by atoms with van der Waals surface area (Å²) in [6, 6.07) is 16.7. The van der Waals surface area contributed by atoms with Gasteiger partial charge in [-0.25, -0.2) is 4.79 Å². The number of urea groups is 1. The van der Waals surface area contributed by atoms with Gasteiger partial charge in [0.05, 0.1) is 11.7 Å². The number of nitrogen functional groups attached to an aromatic ring is 1. The maximum Gasteiger partial charge on any atom is 0.326 e. The molecule has 1 unspecified atom stereocenters. The van der Waals surface area contributed by atoms with Crippen molar-refractivity contribution in [1.82, 2.24) is 4.98 Å². The fraction of sp³-hybridized carbons (Fsp3) is 0.222. The highest BCUT2D eigenvalue weighted by Gasteiger charge is 2.26. The summed E-state index contributed by atoms with van der Waals surface area (Å²) in [5.41, 5.74) is 12.0. The molecule has 4 rings (SSSR count). The number of aromatic amines is 1. The van der Waals surface area contributed by atoms with E-state index in [9.17, 15) is 4.79 Å². The van der Waals surface area contributed by atoms with Crippen molar-refractivity contribution in [2.75, 3.05) is 16.0 Å². The van der Waals surface area contributed by atoms with Crippen molar-refractivity contribution in [3.05, 3.63) is 87.5 Å². The van der Waals surface area contributed by atoms with Gasteiger partial charge in [-0.2, -0.15) is 0 Å². The molecule has 5 nitrogen and oxygen atoms in total. The van der Waals surface area contributed by atoms with Crippen molar-refractivity contribution in [2.24, 2.45) is 0 Å². The predicted octanol–water partition coefficient (Wildman–Crippen LogP) is 7.98. The molecule has 0 spiro atoms. The van der Waals surface area contributed by atoms with Crippen LogP contribution in [0.5, 0.6) is 0 Å². The number of carbonyl (C=O) groups is 1. The lowest BCUT2D eigenvalue weighted by molar-refractivity contribution is 0.255. The van der Waals surface area contributed by atoms with Gasteiger partial charge in [-0.05, 0) is 78.9 Å². The molecule has 0 fully saturated rings. The van der Waals surface area contributed by atoms with E-state index < -0.39 is 0 Å². The van der Waals surface area contributed by atoms with Crippen LogP contribution in [0.1, 0.15) is 43.5 Å². The van der Waals surface area contributed by atoms with E-state index in [-0.39, 0.29) is 12.1 Å². The first-order valence-electron chi connectivity index (χ1n) is 11.4. The number of hydrogen-bond acceptors (Lipinski definition) is 2. The van der Waals surface area contributed by atoms with E-state index in [0.717, 1.165) is 33.3 Å².